The van der Waals surface area contributed by atoms with Crippen molar-refractivity contribution in [1.82, 2.24) is 9.78 Å². The summed E-state index contributed by atoms with van der Waals surface area (Å²) in [4.78, 5) is 12.0. The Morgan fingerprint density at radius 3 is 2.48 bits per heavy atom. The van der Waals surface area contributed by atoms with Gasteiger partial charge in [0.15, 0.2) is 5.75 Å². The van der Waals surface area contributed by atoms with Gasteiger partial charge in [-0.2, -0.15) is 5.10 Å². The molecule has 4 heteroatoms. The van der Waals surface area contributed by atoms with Crippen molar-refractivity contribution in [3.8, 4) is 22.7 Å². The minimum Gasteiger partial charge on any atom is -0.504 e. The topological polar surface area (TPSA) is 55.1 Å². The molecular formula is C23H20N2O2. The number of benzene rings is 2. The molecule has 0 bridgehead atoms. The second-order valence-corrected chi connectivity index (χ2v) is 6.76. The molecule has 0 aliphatic heterocycles. The van der Waals surface area contributed by atoms with Crippen LogP contribution < -0.4 is 0 Å². The van der Waals surface area contributed by atoms with E-state index in [0.29, 0.717) is 17.8 Å². The standard InChI is InChI=1S/C23H20N2O2/c1-17-10-6-7-13-19(17)25-20(18-11-4-2-5-12-18)21(27)22(24-25)23(16-26)14-8-3-9-15-23/h2-14,16,27H,15H2,1H3. The minimum atomic E-state index is -0.962. The van der Waals surface area contributed by atoms with Gasteiger partial charge in [-0.25, -0.2) is 4.68 Å². The predicted octanol–water partition coefficient (Wildman–Crippen LogP) is 4.51. The fourth-order valence-electron chi connectivity index (χ4n) is 3.51. The number of hydrogen-bond acceptors (Lipinski definition) is 3. The SMILES string of the molecule is Cc1ccccc1-n1nc(C2(C=O)C=CC=CC2)c(O)c1-c1ccccc1. The molecule has 0 saturated heterocycles. The molecule has 1 aliphatic rings. The Labute approximate surface area is 158 Å². The Balaban J connectivity index is 2.01. The van der Waals surface area contributed by atoms with Crippen LogP contribution in [0.2, 0.25) is 0 Å². The molecule has 1 aromatic heterocycles. The highest BCUT2D eigenvalue weighted by atomic mass is 16.3. The summed E-state index contributed by atoms with van der Waals surface area (Å²) in [5.41, 5.74) is 2.74. The lowest BCUT2D eigenvalue weighted by Crippen LogP contribution is -2.27. The normalized spacial score (nSPS) is 18.6. The van der Waals surface area contributed by atoms with E-state index in [9.17, 15) is 9.90 Å². The molecule has 134 valence electrons. The van der Waals surface area contributed by atoms with Crippen molar-refractivity contribution in [3.63, 3.8) is 0 Å². The van der Waals surface area contributed by atoms with Crippen molar-refractivity contribution in [1.29, 1.82) is 0 Å². The first-order chi connectivity index (χ1) is 13.2. The van der Waals surface area contributed by atoms with E-state index in [1.165, 1.54) is 0 Å². The highest BCUT2D eigenvalue weighted by molar-refractivity contribution is 5.79. The number of aldehydes is 1. The first kappa shape index (κ1) is 17.0. The maximum absolute atomic E-state index is 12.0. The lowest BCUT2D eigenvalue weighted by atomic mass is 9.79. The number of allylic oxidation sites excluding steroid dienone is 4. The Bertz CT molecular complexity index is 1050. The number of rotatable bonds is 4. The van der Waals surface area contributed by atoms with Crippen molar-refractivity contribution in [2.24, 2.45) is 0 Å². The van der Waals surface area contributed by atoms with Gasteiger partial charge in [0.05, 0.1) is 11.1 Å². The average molecular weight is 356 g/mol. The minimum absolute atomic E-state index is 0.0384. The molecule has 1 heterocycles. The van der Waals surface area contributed by atoms with Gasteiger partial charge in [-0.15, -0.1) is 0 Å². The van der Waals surface area contributed by atoms with Crippen LogP contribution in [0, 0.1) is 6.92 Å². The maximum atomic E-state index is 12.0. The molecule has 0 saturated carbocycles. The number of hydrogen-bond donors (Lipinski definition) is 1. The van der Waals surface area contributed by atoms with Crippen molar-refractivity contribution >= 4 is 6.29 Å². The van der Waals surface area contributed by atoms with Crippen LogP contribution in [-0.2, 0) is 10.2 Å². The smallest absolute Gasteiger partial charge is 0.166 e. The van der Waals surface area contributed by atoms with Crippen LogP contribution in [0.5, 0.6) is 5.75 Å². The van der Waals surface area contributed by atoms with Crippen LogP contribution in [0.4, 0.5) is 0 Å². The molecule has 1 unspecified atom stereocenters. The summed E-state index contributed by atoms with van der Waals surface area (Å²) in [6.45, 7) is 2.00. The van der Waals surface area contributed by atoms with E-state index >= 15 is 0 Å². The second kappa shape index (κ2) is 6.72. The Morgan fingerprint density at radius 1 is 1.07 bits per heavy atom. The number of aryl methyl sites for hydroxylation is 1. The van der Waals surface area contributed by atoms with Crippen molar-refractivity contribution in [2.75, 3.05) is 0 Å². The number of para-hydroxylation sites is 1. The third-order valence-electron chi connectivity index (χ3n) is 5.00. The predicted molar refractivity (Wildman–Crippen MR) is 106 cm³/mol. The third kappa shape index (κ3) is 2.79. The monoisotopic (exact) mass is 356 g/mol. The highest BCUT2D eigenvalue weighted by Gasteiger charge is 2.37. The van der Waals surface area contributed by atoms with E-state index in [0.717, 1.165) is 23.1 Å². The summed E-state index contributed by atoms with van der Waals surface area (Å²) in [7, 11) is 0. The Hall–Kier alpha value is -3.40. The van der Waals surface area contributed by atoms with E-state index < -0.39 is 5.41 Å². The molecule has 0 amide bonds. The number of aromatic hydroxyl groups is 1. The zero-order chi connectivity index (χ0) is 18.9. The number of aromatic nitrogens is 2. The van der Waals surface area contributed by atoms with Crippen LogP contribution in [0.1, 0.15) is 17.7 Å². The summed E-state index contributed by atoms with van der Waals surface area (Å²) in [6.07, 6.45) is 8.79. The molecule has 0 fully saturated rings. The van der Waals surface area contributed by atoms with Crippen LogP contribution in [0.25, 0.3) is 16.9 Å². The molecule has 0 radical (unpaired) electrons. The highest BCUT2D eigenvalue weighted by Crippen LogP contribution is 2.42. The molecule has 1 N–H and O–H groups in total. The molecule has 2 aromatic carbocycles. The summed E-state index contributed by atoms with van der Waals surface area (Å²) in [6, 6.07) is 17.5. The van der Waals surface area contributed by atoms with Crippen molar-refractivity contribution in [3.05, 3.63) is 90.2 Å². The van der Waals surface area contributed by atoms with Gasteiger partial charge in [-0.05, 0) is 25.0 Å². The first-order valence-corrected chi connectivity index (χ1v) is 8.91. The first-order valence-electron chi connectivity index (χ1n) is 8.91. The van der Waals surface area contributed by atoms with Gasteiger partial charge >= 0.3 is 0 Å². The Morgan fingerprint density at radius 2 is 1.81 bits per heavy atom. The molecule has 0 spiro atoms. The van der Waals surface area contributed by atoms with Gasteiger partial charge in [0.2, 0.25) is 0 Å². The maximum Gasteiger partial charge on any atom is 0.166 e. The molecule has 3 aromatic rings. The fourth-order valence-corrected chi connectivity index (χ4v) is 3.51. The summed E-state index contributed by atoms with van der Waals surface area (Å²) in [5, 5.41) is 15.9. The number of carbonyl (C=O) groups is 1. The van der Waals surface area contributed by atoms with Crippen LogP contribution in [0.15, 0.2) is 78.9 Å². The van der Waals surface area contributed by atoms with E-state index in [1.54, 1.807) is 10.8 Å². The Kier molecular flexibility index (Phi) is 4.24. The number of carbonyl (C=O) groups excluding carboxylic acids is 1. The van der Waals surface area contributed by atoms with E-state index in [4.69, 9.17) is 5.10 Å². The van der Waals surface area contributed by atoms with E-state index in [-0.39, 0.29) is 5.75 Å². The average Bonchev–Trinajstić information content (AvgIpc) is 3.07. The second-order valence-electron chi connectivity index (χ2n) is 6.76. The molecule has 27 heavy (non-hydrogen) atoms. The zero-order valence-corrected chi connectivity index (χ0v) is 15.0. The summed E-state index contributed by atoms with van der Waals surface area (Å²) in [5.74, 6) is 0.0384. The number of nitrogens with zero attached hydrogens (tertiary/aromatic N) is 2. The van der Waals surface area contributed by atoms with Crippen molar-refractivity contribution in [2.45, 2.75) is 18.8 Å². The fraction of sp³-hybridized carbons (Fsp3) is 0.130. The molecule has 4 nitrogen and oxygen atoms in total. The molecular weight excluding hydrogens is 336 g/mol. The summed E-state index contributed by atoms with van der Waals surface area (Å²) >= 11 is 0. The molecule has 1 aliphatic carbocycles. The largest absolute Gasteiger partial charge is 0.504 e. The van der Waals surface area contributed by atoms with Gasteiger partial charge in [0.1, 0.15) is 17.7 Å². The van der Waals surface area contributed by atoms with E-state index in [2.05, 4.69) is 0 Å². The molecule has 1 atom stereocenters. The van der Waals surface area contributed by atoms with Gasteiger partial charge in [-0.3, -0.25) is 0 Å². The molecule has 4 rings (SSSR count). The third-order valence-corrected chi connectivity index (χ3v) is 5.00. The van der Waals surface area contributed by atoms with E-state index in [1.807, 2.05) is 79.7 Å². The van der Waals surface area contributed by atoms with Crippen molar-refractivity contribution < 1.29 is 9.90 Å². The summed E-state index contributed by atoms with van der Waals surface area (Å²) < 4.78 is 1.74. The lowest BCUT2D eigenvalue weighted by molar-refractivity contribution is -0.111. The van der Waals surface area contributed by atoms with Gasteiger partial charge < -0.3 is 9.90 Å². The van der Waals surface area contributed by atoms with Gasteiger partial charge in [0, 0.05) is 5.56 Å². The van der Waals surface area contributed by atoms with Gasteiger partial charge in [0.25, 0.3) is 0 Å². The van der Waals surface area contributed by atoms with Crippen LogP contribution >= 0.6 is 0 Å². The van der Waals surface area contributed by atoms with Gasteiger partial charge in [-0.1, -0.05) is 72.8 Å². The quantitative estimate of drug-likeness (QED) is 0.700. The van der Waals surface area contributed by atoms with Crippen LogP contribution in [0.3, 0.4) is 0 Å². The van der Waals surface area contributed by atoms with Crippen LogP contribution in [-0.4, -0.2) is 21.2 Å². The lowest BCUT2D eigenvalue weighted by Gasteiger charge is -2.22. The zero-order valence-electron chi connectivity index (χ0n) is 15.0.